The second kappa shape index (κ2) is 10.8. The van der Waals surface area contributed by atoms with E-state index in [0.717, 1.165) is 32.7 Å². The van der Waals surface area contributed by atoms with Crippen LogP contribution in [0.25, 0.3) is 6.08 Å². The van der Waals surface area contributed by atoms with Gasteiger partial charge in [-0.2, -0.15) is 0 Å². The van der Waals surface area contributed by atoms with Crippen molar-refractivity contribution in [2.45, 2.75) is 0 Å². The van der Waals surface area contributed by atoms with Crippen LogP contribution in [0.1, 0.15) is 15.9 Å². The molecule has 0 spiro atoms. The van der Waals surface area contributed by atoms with Crippen molar-refractivity contribution in [2.75, 3.05) is 46.9 Å². The maximum atomic E-state index is 12.6. The van der Waals surface area contributed by atoms with E-state index in [0.29, 0.717) is 22.2 Å². The maximum Gasteiger partial charge on any atom is 0.257 e. The third-order valence-electron chi connectivity index (χ3n) is 5.00. The molecule has 2 aromatic carbocycles. The summed E-state index contributed by atoms with van der Waals surface area (Å²) >= 11 is 5.46. The number of carbonyl (C=O) groups excluding carboxylic acids is 1. The molecule has 158 valence electrons. The lowest BCUT2D eigenvalue weighted by molar-refractivity contribution is 0.0969. The molecule has 0 saturated carbocycles. The number of benzene rings is 2. The summed E-state index contributed by atoms with van der Waals surface area (Å²) in [6, 6.07) is 15.3. The van der Waals surface area contributed by atoms with Gasteiger partial charge < -0.3 is 14.4 Å². The molecule has 0 aromatic heterocycles. The van der Waals surface area contributed by atoms with Gasteiger partial charge in [-0.3, -0.25) is 15.0 Å². The molecule has 1 saturated heterocycles. The number of hydrogen-bond acceptors (Lipinski definition) is 5. The summed E-state index contributed by atoms with van der Waals surface area (Å²) in [7, 11) is 3.10. The first-order valence-corrected chi connectivity index (χ1v) is 10.3. The second-order valence-electron chi connectivity index (χ2n) is 6.93. The van der Waals surface area contributed by atoms with E-state index in [1.54, 1.807) is 32.4 Å². The molecule has 0 radical (unpaired) electrons. The molecule has 0 aliphatic carbocycles. The van der Waals surface area contributed by atoms with Crippen LogP contribution in [0, 0.1) is 0 Å². The Labute approximate surface area is 183 Å². The van der Waals surface area contributed by atoms with Crippen molar-refractivity contribution in [1.82, 2.24) is 15.1 Å². The van der Waals surface area contributed by atoms with E-state index in [9.17, 15) is 4.79 Å². The zero-order valence-electron chi connectivity index (χ0n) is 17.3. The largest absolute Gasteiger partial charge is 0.493 e. The Morgan fingerprint density at radius 1 is 1.03 bits per heavy atom. The minimum Gasteiger partial charge on any atom is -0.493 e. The first-order valence-electron chi connectivity index (χ1n) is 9.87. The quantitative estimate of drug-likeness (QED) is 0.718. The first-order chi connectivity index (χ1) is 14.6. The van der Waals surface area contributed by atoms with Crippen LogP contribution >= 0.6 is 12.2 Å². The molecule has 30 heavy (non-hydrogen) atoms. The van der Waals surface area contributed by atoms with Crippen LogP contribution in [0.4, 0.5) is 0 Å². The maximum absolute atomic E-state index is 12.6. The molecule has 1 fully saturated rings. The molecule has 6 nitrogen and oxygen atoms in total. The minimum atomic E-state index is -0.255. The number of nitrogens with zero attached hydrogens (tertiary/aromatic N) is 2. The van der Waals surface area contributed by atoms with E-state index < -0.39 is 0 Å². The van der Waals surface area contributed by atoms with Crippen molar-refractivity contribution in [3.8, 4) is 11.5 Å². The lowest BCUT2D eigenvalue weighted by atomic mass is 10.2. The van der Waals surface area contributed by atoms with Gasteiger partial charge in [0, 0.05) is 38.3 Å². The summed E-state index contributed by atoms with van der Waals surface area (Å²) in [6.45, 7) is 4.25. The molecule has 0 unspecified atom stereocenters. The fourth-order valence-corrected chi connectivity index (χ4v) is 3.54. The van der Waals surface area contributed by atoms with Gasteiger partial charge >= 0.3 is 0 Å². The average molecular weight is 426 g/mol. The molecular formula is C23H27N3O3S. The van der Waals surface area contributed by atoms with Crippen LogP contribution in [0.15, 0.2) is 54.6 Å². The Morgan fingerprint density at radius 3 is 2.40 bits per heavy atom. The molecule has 1 heterocycles. The van der Waals surface area contributed by atoms with Gasteiger partial charge in [0.05, 0.1) is 14.2 Å². The van der Waals surface area contributed by atoms with Crippen molar-refractivity contribution in [1.29, 1.82) is 0 Å². The molecule has 0 bridgehead atoms. The molecule has 1 aliphatic heterocycles. The molecule has 3 rings (SSSR count). The highest BCUT2D eigenvalue weighted by Crippen LogP contribution is 2.27. The number of thiocarbonyl (C=S) groups is 1. The summed E-state index contributed by atoms with van der Waals surface area (Å²) in [4.78, 5) is 17.0. The van der Waals surface area contributed by atoms with Gasteiger partial charge in [0.1, 0.15) is 0 Å². The third-order valence-corrected chi connectivity index (χ3v) is 5.36. The number of rotatable bonds is 6. The van der Waals surface area contributed by atoms with Crippen LogP contribution in [0.2, 0.25) is 0 Å². The zero-order chi connectivity index (χ0) is 21.3. The van der Waals surface area contributed by atoms with Gasteiger partial charge in [0.15, 0.2) is 16.6 Å². The van der Waals surface area contributed by atoms with E-state index in [1.807, 2.05) is 23.1 Å². The number of carbonyl (C=O) groups is 1. The van der Waals surface area contributed by atoms with Crippen LogP contribution in [0.5, 0.6) is 11.5 Å². The summed E-state index contributed by atoms with van der Waals surface area (Å²) in [5.41, 5.74) is 1.68. The number of piperazine rings is 1. The number of nitrogens with one attached hydrogen (secondary N) is 1. The smallest absolute Gasteiger partial charge is 0.257 e. The Kier molecular flexibility index (Phi) is 7.82. The van der Waals surface area contributed by atoms with Gasteiger partial charge in [0.2, 0.25) is 0 Å². The Morgan fingerprint density at radius 2 is 1.73 bits per heavy atom. The highest BCUT2D eigenvalue weighted by Gasteiger charge is 2.20. The van der Waals surface area contributed by atoms with Crippen molar-refractivity contribution in [3.05, 3.63) is 65.7 Å². The number of amides is 1. The normalized spacial score (nSPS) is 14.5. The predicted octanol–water partition coefficient (Wildman–Crippen LogP) is 3.05. The second-order valence-corrected chi connectivity index (χ2v) is 7.32. The van der Waals surface area contributed by atoms with E-state index in [-0.39, 0.29) is 5.91 Å². The van der Waals surface area contributed by atoms with Gasteiger partial charge in [-0.1, -0.05) is 42.5 Å². The monoisotopic (exact) mass is 425 g/mol. The predicted molar refractivity (Wildman–Crippen MR) is 123 cm³/mol. The summed E-state index contributed by atoms with van der Waals surface area (Å²) in [6.07, 6.45) is 4.32. The van der Waals surface area contributed by atoms with Crippen molar-refractivity contribution >= 4 is 29.3 Å². The van der Waals surface area contributed by atoms with Gasteiger partial charge in [-0.05, 0) is 36.0 Å². The number of methoxy groups -OCH3 is 2. The van der Waals surface area contributed by atoms with Crippen LogP contribution < -0.4 is 14.8 Å². The first kappa shape index (κ1) is 21.8. The molecule has 7 heteroatoms. The van der Waals surface area contributed by atoms with E-state index in [4.69, 9.17) is 21.7 Å². The lowest BCUT2D eigenvalue weighted by Crippen LogP contribution is -2.52. The van der Waals surface area contributed by atoms with Gasteiger partial charge in [0.25, 0.3) is 5.91 Å². The molecule has 1 aliphatic rings. The molecular weight excluding hydrogens is 398 g/mol. The lowest BCUT2D eigenvalue weighted by Gasteiger charge is -2.35. The Bertz CT molecular complexity index is 894. The fourth-order valence-electron chi connectivity index (χ4n) is 3.26. The van der Waals surface area contributed by atoms with E-state index >= 15 is 0 Å². The standard InChI is InChI=1S/C23H27N3O3S/c1-28-20-11-10-19(17-21(20)29-2)22(27)24-23(30)26-15-13-25(14-16-26)12-6-9-18-7-4-3-5-8-18/h3-11,17H,12-16H2,1-2H3,(H,24,27,30). The van der Waals surface area contributed by atoms with Gasteiger partial charge in [-0.25, -0.2) is 0 Å². The third kappa shape index (κ3) is 5.81. The van der Waals surface area contributed by atoms with Crippen LogP contribution in [-0.4, -0.2) is 67.8 Å². The fraction of sp³-hybridized carbons (Fsp3) is 0.304. The van der Waals surface area contributed by atoms with E-state index in [1.165, 1.54) is 5.56 Å². The highest BCUT2D eigenvalue weighted by molar-refractivity contribution is 7.80. The van der Waals surface area contributed by atoms with Gasteiger partial charge in [-0.15, -0.1) is 0 Å². The van der Waals surface area contributed by atoms with Crippen LogP contribution in [-0.2, 0) is 0 Å². The molecule has 2 aromatic rings. The topological polar surface area (TPSA) is 54.0 Å². The average Bonchev–Trinajstić information content (AvgIpc) is 2.79. The molecule has 0 atom stereocenters. The summed E-state index contributed by atoms with van der Waals surface area (Å²) < 4.78 is 10.5. The number of hydrogen-bond donors (Lipinski definition) is 1. The SMILES string of the molecule is COc1ccc(C(=O)NC(=S)N2CCN(CC=Cc3ccccc3)CC2)cc1OC. The van der Waals surface area contributed by atoms with E-state index in [2.05, 4.69) is 34.5 Å². The van der Waals surface area contributed by atoms with Crippen molar-refractivity contribution < 1.29 is 14.3 Å². The number of ether oxygens (including phenoxy) is 2. The summed E-state index contributed by atoms with van der Waals surface area (Å²) in [5, 5.41) is 3.28. The minimum absolute atomic E-state index is 0.255. The molecule has 1 amide bonds. The zero-order valence-corrected chi connectivity index (χ0v) is 18.2. The van der Waals surface area contributed by atoms with Crippen molar-refractivity contribution in [2.24, 2.45) is 0 Å². The highest BCUT2D eigenvalue weighted by atomic mass is 32.1. The summed E-state index contributed by atoms with van der Waals surface area (Å²) in [5.74, 6) is 0.830. The van der Waals surface area contributed by atoms with Crippen molar-refractivity contribution in [3.63, 3.8) is 0 Å². The Hall–Kier alpha value is -2.90. The van der Waals surface area contributed by atoms with Crippen LogP contribution in [0.3, 0.4) is 0 Å². The Balaban J connectivity index is 1.47. The molecule has 1 N–H and O–H groups in total.